The number of pyridine rings is 1. The number of anilines is 1. The van der Waals surface area contributed by atoms with E-state index in [2.05, 4.69) is 19.8 Å². The van der Waals surface area contributed by atoms with E-state index in [1.807, 2.05) is 19.2 Å². The quantitative estimate of drug-likeness (QED) is 0.746. The van der Waals surface area contributed by atoms with E-state index >= 15 is 0 Å². The summed E-state index contributed by atoms with van der Waals surface area (Å²) < 4.78 is 26.0. The summed E-state index contributed by atoms with van der Waals surface area (Å²) in [6, 6.07) is 6.34. The van der Waals surface area contributed by atoms with Crippen molar-refractivity contribution in [2.75, 3.05) is 12.8 Å². The van der Waals surface area contributed by atoms with Crippen molar-refractivity contribution < 1.29 is 13.9 Å². The van der Waals surface area contributed by atoms with Crippen LogP contribution in [0.25, 0.3) is 0 Å². The number of nitrogens with zero attached hydrogens (tertiary/aromatic N) is 1. The monoisotopic (exact) mass is 426 g/mol. The molecule has 0 aliphatic carbocycles. The molecule has 1 unspecified atom stereocenters. The van der Waals surface area contributed by atoms with Crippen molar-refractivity contribution in [3.05, 3.63) is 41.8 Å². The number of nitrogen functional groups attached to an aromatic ring is 1. The normalized spacial score (nSPS) is 12.8. The fourth-order valence-corrected chi connectivity index (χ4v) is 5.14. The number of nitrogens with two attached hydrogens (primary N) is 1. The summed E-state index contributed by atoms with van der Waals surface area (Å²) in [7, 11) is 1.55. The minimum absolute atomic E-state index is 0.331. The summed E-state index contributed by atoms with van der Waals surface area (Å²) in [6.07, 6.45) is 1.43. The fourth-order valence-electron chi connectivity index (χ4n) is 2.24. The van der Waals surface area contributed by atoms with Gasteiger partial charge in [0.2, 0.25) is 0 Å². The van der Waals surface area contributed by atoms with Crippen LogP contribution in [0.15, 0.2) is 30.5 Å². The van der Waals surface area contributed by atoms with Crippen LogP contribution >= 0.6 is 0 Å². The Bertz CT molecular complexity index is 701. The van der Waals surface area contributed by atoms with Crippen molar-refractivity contribution >= 4 is 27.8 Å². The summed E-state index contributed by atoms with van der Waals surface area (Å²) in [5.74, 6) is 1.12. The second kappa shape index (κ2) is 6.95. The fraction of sp³-hybridized carbons (Fsp3) is 0.353. The third-order valence-corrected chi connectivity index (χ3v) is 9.41. The molecule has 1 aromatic heterocycles. The van der Waals surface area contributed by atoms with Crippen LogP contribution in [0.5, 0.6) is 11.5 Å². The van der Waals surface area contributed by atoms with Crippen LogP contribution in [0, 0.1) is 5.82 Å². The van der Waals surface area contributed by atoms with Crippen molar-refractivity contribution in [1.29, 1.82) is 0 Å². The number of aromatic nitrogens is 1. The predicted octanol–water partition coefficient (Wildman–Crippen LogP) is 3.50. The van der Waals surface area contributed by atoms with Crippen LogP contribution in [-0.4, -0.2) is 30.5 Å². The van der Waals surface area contributed by atoms with E-state index in [1.54, 1.807) is 13.2 Å². The Morgan fingerprint density at radius 3 is 2.48 bits per heavy atom. The topological polar surface area (TPSA) is 57.4 Å². The van der Waals surface area contributed by atoms with Gasteiger partial charge in [0.15, 0.2) is 0 Å². The van der Waals surface area contributed by atoms with Gasteiger partial charge in [-0.1, -0.05) is 0 Å². The average Bonchev–Trinajstić information content (AvgIpc) is 2.48. The molecule has 1 aromatic carbocycles. The van der Waals surface area contributed by atoms with Gasteiger partial charge in [0, 0.05) is 0 Å². The van der Waals surface area contributed by atoms with E-state index in [9.17, 15) is 4.39 Å². The molecule has 1 heterocycles. The molecule has 0 fully saturated rings. The molecule has 2 rings (SSSR count). The molecule has 6 heteroatoms. The van der Waals surface area contributed by atoms with E-state index < -0.39 is 24.5 Å². The molecule has 0 saturated carbocycles. The third kappa shape index (κ3) is 4.28. The maximum absolute atomic E-state index is 13.5. The molecule has 0 saturated heterocycles. The molecule has 2 N–H and O–H groups in total. The number of ether oxygens (including phenoxy) is 2. The van der Waals surface area contributed by atoms with Gasteiger partial charge in [-0.25, -0.2) is 0 Å². The molecule has 23 heavy (non-hydrogen) atoms. The molecule has 1 atom stereocenters. The zero-order chi connectivity index (χ0) is 17.2. The van der Waals surface area contributed by atoms with Crippen molar-refractivity contribution in [3.8, 4) is 11.5 Å². The Balaban J connectivity index is 2.34. The predicted molar refractivity (Wildman–Crippen MR) is 93.6 cm³/mol. The Morgan fingerprint density at radius 2 is 1.87 bits per heavy atom. The maximum atomic E-state index is 13.5. The molecule has 0 spiro atoms. The van der Waals surface area contributed by atoms with E-state index in [0.717, 1.165) is 0 Å². The zero-order valence-electron chi connectivity index (χ0n) is 14.2. The molecule has 4 nitrogen and oxygen atoms in total. The minimum atomic E-state index is -2.27. The Kier molecular flexibility index (Phi) is 5.39. The second-order valence-electron chi connectivity index (χ2n) is 6.50. The van der Waals surface area contributed by atoms with E-state index in [4.69, 9.17) is 15.2 Å². The summed E-state index contributed by atoms with van der Waals surface area (Å²) in [6.45, 7) is 1.84. The van der Waals surface area contributed by atoms with Gasteiger partial charge in [-0.2, -0.15) is 0 Å². The molecule has 0 bridgehead atoms. The van der Waals surface area contributed by atoms with E-state index in [1.165, 1.54) is 15.7 Å². The molecule has 0 aliphatic heterocycles. The first-order valence-corrected chi connectivity index (χ1v) is 17.5. The summed E-state index contributed by atoms with van der Waals surface area (Å²) in [5, 5.41) is 0. The van der Waals surface area contributed by atoms with Crippen molar-refractivity contribution in [3.63, 3.8) is 0 Å². The third-order valence-electron chi connectivity index (χ3n) is 3.68. The number of hydrogen-bond acceptors (Lipinski definition) is 4. The molecule has 124 valence electrons. The number of hydrogen-bond donors (Lipinski definition) is 1. The van der Waals surface area contributed by atoms with Gasteiger partial charge in [0.05, 0.1) is 0 Å². The van der Waals surface area contributed by atoms with Crippen LogP contribution in [-0.2, 0) is 0 Å². The number of halogens is 1. The SMILES string of the molecule is COc1ccc(F)cc1C(C)Oc1c[c]([Sn]([CH3])([CH3])[CH3])cnc1N. The first-order chi connectivity index (χ1) is 10.7. The van der Waals surface area contributed by atoms with Crippen LogP contribution < -0.4 is 18.8 Å². The first-order valence-electron chi connectivity index (χ1n) is 7.48. The van der Waals surface area contributed by atoms with Gasteiger partial charge in [0.25, 0.3) is 0 Å². The summed E-state index contributed by atoms with van der Waals surface area (Å²) >= 11 is -2.27. The Hall–Kier alpha value is -1.50. The van der Waals surface area contributed by atoms with Crippen molar-refractivity contribution in [1.82, 2.24) is 4.98 Å². The van der Waals surface area contributed by atoms with Crippen molar-refractivity contribution in [2.24, 2.45) is 0 Å². The van der Waals surface area contributed by atoms with Crippen LogP contribution in [0.4, 0.5) is 10.2 Å². The summed E-state index contributed by atoms with van der Waals surface area (Å²) in [5.41, 5.74) is 6.58. The molecule has 2 aromatic rings. The van der Waals surface area contributed by atoms with Gasteiger partial charge in [-0.05, 0) is 0 Å². The van der Waals surface area contributed by atoms with Gasteiger partial charge >= 0.3 is 141 Å². The molecular formula is C17H23FN2O2Sn. The van der Waals surface area contributed by atoms with E-state index in [0.29, 0.717) is 22.9 Å². The standard InChI is InChI=1S/C14H14FN2O2.3CH3.Sn/c1-9(19-13-4-3-7-17-14(13)16)11-8-10(15)5-6-12(11)18-2;;;;/h4-9H,1-2H3,(H2,16,17);3*1H3;. The van der Waals surface area contributed by atoms with Crippen LogP contribution in [0.1, 0.15) is 18.6 Å². The first kappa shape index (κ1) is 17.8. The van der Waals surface area contributed by atoms with Gasteiger partial charge in [-0.3, -0.25) is 0 Å². The molecular weight excluding hydrogens is 402 g/mol. The second-order valence-corrected chi connectivity index (χ2v) is 21.0. The van der Waals surface area contributed by atoms with Gasteiger partial charge in [0.1, 0.15) is 0 Å². The van der Waals surface area contributed by atoms with Gasteiger partial charge in [-0.15, -0.1) is 0 Å². The van der Waals surface area contributed by atoms with Gasteiger partial charge < -0.3 is 0 Å². The zero-order valence-corrected chi connectivity index (χ0v) is 17.0. The average molecular weight is 425 g/mol. The van der Waals surface area contributed by atoms with Crippen molar-refractivity contribution in [2.45, 2.75) is 27.8 Å². The van der Waals surface area contributed by atoms with E-state index in [-0.39, 0.29) is 5.82 Å². The summed E-state index contributed by atoms with van der Waals surface area (Å²) in [4.78, 5) is 11.1. The number of benzene rings is 1. The molecule has 0 aliphatic rings. The number of rotatable bonds is 5. The van der Waals surface area contributed by atoms with Crippen LogP contribution in [0.2, 0.25) is 14.8 Å². The number of methoxy groups -OCH3 is 1. The molecule has 0 amide bonds. The molecule has 0 radical (unpaired) electrons. The van der Waals surface area contributed by atoms with Crippen LogP contribution in [0.3, 0.4) is 0 Å². The Labute approximate surface area is 140 Å². The Morgan fingerprint density at radius 1 is 1.17 bits per heavy atom.